The minimum atomic E-state index is 0.116. The Morgan fingerprint density at radius 2 is 2.00 bits per heavy atom. The molecule has 4 nitrogen and oxygen atoms in total. The third-order valence-corrected chi connectivity index (χ3v) is 4.10. The van der Waals surface area contributed by atoms with Crippen LogP contribution in [0.15, 0.2) is 0 Å². The molecule has 5 heteroatoms. The number of hydrogen-bond donors (Lipinski definition) is 2. The maximum absolute atomic E-state index is 11.6. The lowest BCUT2D eigenvalue weighted by Gasteiger charge is -2.13. The van der Waals surface area contributed by atoms with Crippen LogP contribution in [0.1, 0.15) is 48.8 Å². The minimum absolute atomic E-state index is 0.116. The van der Waals surface area contributed by atoms with Crippen LogP contribution in [0.25, 0.3) is 0 Å². The first-order valence-corrected chi connectivity index (χ1v) is 7.65. The summed E-state index contributed by atoms with van der Waals surface area (Å²) in [4.78, 5) is 17.3. The Bertz CT molecular complexity index is 415. The monoisotopic (exact) mass is 283 g/mol. The Hall–Kier alpha value is -0.940. The van der Waals surface area contributed by atoms with Crippen molar-refractivity contribution in [2.75, 3.05) is 13.1 Å². The fraction of sp³-hybridized carbons (Fsp3) is 0.714. The zero-order chi connectivity index (χ0) is 14.4. The number of thiazole rings is 1. The van der Waals surface area contributed by atoms with Crippen LogP contribution in [0, 0.1) is 19.8 Å². The molecule has 0 bridgehead atoms. The largest absolute Gasteiger partial charge is 0.356 e. The van der Waals surface area contributed by atoms with Gasteiger partial charge in [-0.3, -0.25) is 4.79 Å². The number of aromatic nitrogens is 1. The molecule has 108 valence electrons. The number of amides is 1. The molecule has 1 aromatic heterocycles. The molecule has 0 saturated heterocycles. The quantitative estimate of drug-likeness (QED) is 0.808. The van der Waals surface area contributed by atoms with Crippen LogP contribution >= 0.6 is 11.3 Å². The van der Waals surface area contributed by atoms with Crippen LogP contribution in [0.5, 0.6) is 0 Å². The van der Waals surface area contributed by atoms with Gasteiger partial charge in [-0.2, -0.15) is 0 Å². The van der Waals surface area contributed by atoms with Crippen molar-refractivity contribution in [3.63, 3.8) is 0 Å². The fourth-order valence-corrected chi connectivity index (χ4v) is 2.80. The van der Waals surface area contributed by atoms with Crippen molar-refractivity contribution in [3.8, 4) is 0 Å². The summed E-state index contributed by atoms with van der Waals surface area (Å²) in [7, 11) is 0. The van der Waals surface area contributed by atoms with Gasteiger partial charge >= 0.3 is 0 Å². The summed E-state index contributed by atoms with van der Waals surface area (Å²) in [6.07, 6.45) is 0.522. The molecule has 0 aliphatic heterocycles. The van der Waals surface area contributed by atoms with Crippen LogP contribution in [0.4, 0.5) is 0 Å². The maximum Gasteiger partial charge on any atom is 0.221 e. The Labute approximate surface area is 120 Å². The first-order chi connectivity index (χ1) is 8.90. The molecule has 1 unspecified atom stereocenters. The SMILES string of the molecule is Cc1nc(C)c(C(C)NCCC(=O)NCC(C)C)s1. The molecule has 0 saturated carbocycles. The molecule has 0 spiro atoms. The number of rotatable bonds is 7. The summed E-state index contributed by atoms with van der Waals surface area (Å²) in [5.41, 5.74) is 1.09. The average molecular weight is 283 g/mol. The molecule has 0 fully saturated rings. The van der Waals surface area contributed by atoms with Gasteiger partial charge in [0.05, 0.1) is 10.7 Å². The highest BCUT2D eigenvalue weighted by molar-refractivity contribution is 7.11. The van der Waals surface area contributed by atoms with Gasteiger partial charge in [0.15, 0.2) is 0 Å². The lowest BCUT2D eigenvalue weighted by atomic mass is 10.2. The predicted molar refractivity (Wildman–Crippen MR) is 80.5 cm³/mol. The van der Waals surface area contributed by atoms with E-state index in [1.54, 1.807) is 11.3 Å². The van der Waals surface area contributed by atoms with E-state index < -0.39 is 0 Å². The van der Waals surface area contributed by atoms with E-state index in [1.807, 2.05) is 13.8 Å². The molecular formula is C14H25N3OS. The lowest BCUT2D eigenvalue weighted by molar-refractivity contribution is -0.121. The van der Waals surface area contributed by atoms with Gasteiger partial charge in [-0.15, -0.1) is 11.3 Å². The van der Waals surface area contributed by atoms with Crippen LogP contribution in [0.3, 0.4) is 0 Å². The van der Waals surface area contributed by atoms with Crippen molar-refractivity contribution in [1.82, 2.24) is 15.6 Å². The molecule has 0 aromatic carbocycles. The topological polar surface area (TPSA) is 54.0 Å². The predicted octanol–water partition coefficient (Wildman–Crippen LogP) is 2.57. The van der Waals surface area contributed by atoms with Crippen molar-refractivity contribution in [2.45, 2.75) is 47.1 Å². The van der Waals surface area contributed by atoms with E-state index in [0.29, 0.717) is 18.9 Å². The molecule has 1 aromatic rings. The smallest absolute Gasteiger partial charge is 0.221 e. The number of nitrogens with zero attached hydrogens (tertiary/aromatic N) is 1. The van der Waals surface area contributed by atoms with Crippen molar-refractivity contribution >= 4 is 17.2 Å². The second kappa shape index (κ2) is 7.60. The highest BCUT2D eigenvalue weighted by Gasteiger charge is 2.12. The van der Waals surface area contributed by atoms with E-state index in [9.17, 15) is 4.79 Å². The fourth-order valence-electron chi connectivity index (χ4n) is 1.85. The zero-order valence-corrected chi connectivity index (χ0v) is 13.4. The maximum atomic E-state index is 11.6. The van der Waals surface area contributed by atoms with Gasteiger partial charge in [0.25, 0.3) is 0 Å². The van der Waals surface area contributed by atoms with Gasteiger partial charge in [-0.25, -0.2) is 4.98 Å². The Morgan fingerprint density at radius 3 is 2.53 bits per heavy atom. The van der Waals surface area contributed by atoms with E-state index in [1.165, 1.54) is 4.88 Å². The second-order valence-electron chi connectivity index (χ2n) is 5.31. The van der Waals surface area contributed by atoms with Gasteiger partial charge < -0.3 is 10.6 Å². The van der Waals surface area contributed by atoms with E-state index in [-0.39, 0.29) is 11.9 Å². The number of aryl methyl sites for hydroxylation is 2. The second-order valence-corrected chi connectivity index (χ2v) is 6.54. The van der Waals surface area contributed by atoms with Gasteiger partial charge in [-0.1, -0.05) is 13.8 Å². The van der Waals surface area contributed by atoms with Crippen molar-refractivity contribution in [3.05, 3.63) is 15.6 Å². The van der Waals surface area contributed by atoms with Crippen LogP contribution in [-0.4, -0.2) is 24.0 Å². The molecule has 1 rings (SSSR count). The van der Waals surface area contributed by atoms with Crippen molar-refractivity contribution in [2.24, 2.45) is 5.92 Å². The highest BCUT2D eigenvalue weighted by atomic mass is 32.1. The molecule has 1 heterocycles. The summed E-state index contributed by atoms with van der Waals surface area (Å²) in [5.74, 6) is 0.615. The molecular weight excluding hydrogens is 258 g/mol. The van der Waals surface area contributed by atoms with Gasteiger partial charge in [0, 0.05) is 30.4 Å². The normalized spacial score (nSPS) is 12.7. The summed E-state index contributed by atoms with van der Waals surface area (Å²) in [6.45, 7) is 11.8. The summed E-state index contributed by atoms with van der Waals surface area (Å²) >= 11 is 1.72. The minimum Gasteiger partial charge on any atom is -0.356 e. The molecule has 0 radical (unpaired) electrons. The molecule has 1 amide bonds. The zero-order valence-electron chi connectivity index (χ0n) is 12.5. The van der Waals surface area contributed by atoms with Crippen molar-refractivity contribution in [1.29, 1.82) is 0 Å². The first-order valence-electron chi connectivity index (χ1n) is 6.84. The van der Waals surface area contributed by atoms with E-state index in [0.717, 1.165) is 17.2 Å². The van der Waals surface area contributed by atoms with E-state index >= 15 is 0 Å². The summed E-state index contributed by atoms with van der Waals surface area (Å²) < 4.78 is 0. The number of hydrogen-bond acceptors (Lipinski definition) is 4. The summed E-state index contributed by atoms with van der Waals surface area (Å²) in [6, 6.07) is 0.254. The van der Waals surface area contributed by atoms with E-state index in [2.05, 4.69) is 36.4 Å². The lowest BCUT2D eigenvalue weighted by Crippen LogP contribution is -2.31. The number of nitrogens with one attached hydrogen (secondary N) is 2. The van der Waals surface area contributed by atoms with Crippen LogP contribution < -0.4 is 10.6 Å². The standard InChI is InChI=1S/C14H25N3OS/c1-9(2)8-16-13(18)6-7-15-10(3)14-11(4)17-12(5)19-14/h9-10,15H,6-8H2,1-5H3,(H,16,18). The third kappa shape index (κ3) is 5.70. The van der Waals surface area contributed by atoms with E-state index in [4.69, 9.17) is 0 Å². The van der Waals surface area contributed by atoms with Crippen molar-refractivity contribution < 1.29 is 4.79 Å². The third-order valence-electron chi connectivity index (χ3n) is 2.84. The number of carbonyl (C=O) groups excluding carboxylic acids is 1. The first kappa shape index (κ1) is 16.1. The van der Waals surface area contributed by atoms with Crippen LogP contribution in [0.2, 0.25) is 0 Å². The van der Waals surface area contributed by atoms with Gasteiger partial charge in [0.2, 0.25) is 5.91 Å². The van der Waals surface area contributed by atoms with Gasteiger partial charge in [0.1, 0.15) is 0 Å². The summed E-state index contributed by atoms with van der Waals surface area (Å²) in [5, 5.41) is 7.40. The number of carbonyl (C=O) groups is 1. The highest BCUT2D eigenvalue weighted by Crippen LogP contribution is 2.24. The molecule has 19 heavy (non-hydrogen) atoms. The Kier molecular flexibility index (Phi) is 6.45. The Morgan fingerprint density at radius 1 is 1.32 bits per heavy atom. The molecule has 1 atom stereocenters. The molecule has 0 aliphatic carbocycles. The Balaban J connectivity index is 2.29. The average Bonchev–Trinajstić information content (AvgIpc) is 2.65. The van der Waals surface area contributed by atoms with Crippen LogP contribution in [-0.2, 0) is 4.79 Å². The molecule has 2 N–H and O–H groups in total. The molecule has 0 aliphatic rings. The van der Waals surface area contributed by atoms with Gasteiger partial charge in [-0.05, 0) is 26.7 Å².